The molecule has 92 valence electrons. The van der Waals surface area contributed by atoms with Crippen molar-refractivity contribution < 1.29 is 5.11 Å². The van der Waals surface area contributed by atoms with E-state index in [4.69, 9.17) is 0 Å². The highest BCUT2D eigenvalue weighted by Crippen LogP contribution is 2.71. The number of fused-ring (bicyclic) bond motifs is 3. The van der Waals surface area contributed by atoms with E-state index in [0.717, 1.165) is 12.3 Å². The zero-order chi connectivity index (χ0) is 11.8. The summed E-state index contributed by atoms with van der Waals surface area (Å²) in [5.41, 5.74) is 0.460. The molecule has 16 heavy (non-hydrogen) atoms. The number of hydrogen-bond acceptors (Lipinski definition) is 1. The van der Waals surface area contributed by atoms with Crippen LogP contribution in [0.2, 0.25) is 0 Å². The molecule has 3 aliphatic rings. The summed E-state index contributed by atoms with van der Waals surface area (Å²) < 4.78 is 0. The lowest BCUT2D eigenvalue weighted by atomic mass is 9.70. The molecule has 0 aromatic rings. The fourth-order valence-corrected chi connectivity index (χ4v) is 5.17. The topological polar surface area (TPSA) is 20.2 Å². The predicted molar refractivity (Wildman–Crippen MR) is 66.1 cm³/mol. The molecule has 0 amide bonds. The minimum atomic E-state index is -0.358. The summed E-state index contributed by atoms with van der Waals surface area (Å²) in [7, 11) is 0. The minimum absolute atomic E-state index is 0.338. The summed E-state index contributed by atoms with van der Waals surface area (Å²) in [5.74, 6) is 1.99. The van der Waals surface area contributed by atoms with E-state index >= 15 is 0 Å². The average Bonchev–Trinajstić information content (AvgIpc) is 2.64. The SMILES string of the molecule is C[C@@H]1CC[C@@H]2[C@]3(C)C[C@@H]3CC(C)(C)C[C@]12O. The van der Waals surface area contributed by atoms with Gasteiger partial charge in [-0.25, -0.2) is 0 Å². The Morgan fingerprint density at radius 1 is 1.06 bits per heavy atom. The predicted octanol–water partition coefficient (Wildman–Crippen LogP) is 3.61. The third-order valence-corrected chi connectivity index (χ3v) is 6.16. The van der Waals surface area contributed by atoms with Crippen molar-refractivity contribution in [3.63, 3.8) is 0 Å². The Balaban J connectivity index is 2.01. The molecule has 0 aromatic carbocycles. The van der Waals surface area contributed by atoms with E-state index in [9.17, 15) is 5.11 Å². The Kier molecular flexibility index (Phi) is 1.98. The highest BCUT2D eigenvalue weighted by Gasteiger charge is 2.67. The first kappa shape index (κ1) is 11.1. The zero-order valence-corrected chi connectivity index (χ0v) is 11.2. The van der Waals surface area contributed by atoms with E-state index in [0.29, 0.717) is 22.7 Å². The molecule has 1 N–H and O–H groups in total. The molecular formula is C15H26O. The van der Waals surface area contributed by atoms with Crippen molar-refractivity contribution in [1.82, 2.24) is 0 Å². The van der Waals surface area contributed by atoms with E-state index in [1.807, 2.05) is 0 Å². The number of rotatable bonds is 0. The molecule has 0 aromatic heterocycles. The third-order valence-electron chi connectivity index (χ3n) is 6.16. The standard InChI is InChI=1S/C15H26O/c1-10-5-6-12-14(4)8-11(14)7-13(2,3)9-15(10,12)16/h10-12,16H,5-9H2,1-4H3/t10-,11+,12-,14-,15+/m1/s1. The van der Waals surface area contributed by atoms with Crippen LogP contribution in [0.3, 0.4) is 0 Å². The van der Waals surface area contributed by atoms with E-state index in [2.05, 4.69) is 27.7 Å². The van der Waals surface area contributed by atoms with Crippen LogP contribution in [0.25, 0.3) is 0 Å². The molecule has 0 heterocycles. The van der Waals surface area contributed by atoms with Crippen LogP contribution in [-0.2, 0) is 0 Å². The normalized spacial score (nSPS) is 58.7. The van der Waals surface area contributed by atoms with Crippen LogP contribution in [0.15, 0.2) is 0 Å². The Morgan fingerprint density at radius 2 is 1.75 bits per heavy atom. The van der Waals surface area contributed by atoms with Crippen molar-refractivity contribution in [1.29, 1.82) is 0 Å². The van der Waals surface area contributed by atoms with E-state index in [1.54, 1.807) is 0 Å². The second-order valence-electron chi connectivity index (χ2n) is 7.97. The molecule has 0 spiro atoms. The van der Waals surface area contributed by atoms with Crippen LogP contribution in [0, 0.1) is 28.6 Å². The molecule has 0 saturated heterocycles. The fourth-order valence-electron chi connectivity index (χ4n) is 5.17. The molecule has 3 saturated carbocycles. The third kappa shape index (κ3) is 1.27. The molecule has 3 fully saturated rings. The summed E-state index contributed by atoms with van der Waals surface area (Å²) in [5, 5.41) is 11.2. The highest BCUT2D eigenvalue weighted by atomic mass is 16.3. The van der Waals surface area contributed by atoms with Crippen LogP contribution < -0.4 is 0 Å². The lowest BCUT2D eigenvalue weighted by Gasteiger charge is -2.40. The molecule has 3 aliphatic carbocycles. The van der Waals surface area contributed by atoms with E-state index < -0.39 is 0 Å². The molecule has 0 bridgehead atoms. The zero-order valence-electron chi connectivity index (χ0n) is 11.2. The van der Waals surface area contributed by atoms with Gasteiger partial charge in [-0.05, 0) is 60.7 Å². The molecule has 0 aliphatic heterocycles. The number of hydrogen-bond donors (Lipinski definition) is 1. The van der Waals surface area contributed by atoms with Gasteiger partial charge in [0, 0.05) is 0 Å². The van der Waals surface area contributed by atoms with Gasteiger partial charge in [0.05, 0.1) is 5.60 Å². The first-order valence-corrected chi connectivity index (χ1v) is 7.00. The summed E-state index contributed by atoms with van der Waals surface area (Å²) in [6, 6.07) is 0. The lowest BCUT2D eigenvalue weighted by molar-refractivity contribution is -0.0747. The Labute approximate surface area is 99.6 Å². The first-order valence-electron chi connectivity index (χ1n) is 7.00. The van der Waals surface area contributed by atoms with Crippen LogP contribution in [0.1, 0.15) is 59.8 Å². The molecule has 5 atom stereocenters. The molecule has 0 unspecified atom stereocenters. The Morgan fingerprint density at radius 3 is 2.44 bits per heavy atom. The maximum atomic E-state index is 11.2. The van der Waals surface area contributed by atoms with Crippen LogP contribution in [-0.4, -0.2) is 10.7 Å². The lowest BCUT2D eigenvalue weighted by Crippen LogP contribution is -2.44. The van der Waals surface area contributed by atoms with Gasteiger partial charge in [0.1, 0.15) is 0 Å². The van der Waals surface area contributed by atoms with Gasteiger partial charge in [-0.2, -0.15) is 0 Å². The van der Waals surface area contributed by atoms with Gasteiger partial charge in [-0.1, -0.05) is 27.7 Å². The highest BCUT2D eigenvalue weighted by molar-refractivity contribution is 5.16. The van der Waals surface area contributed by atoms with Crippen molar-refractivity contribution in [3.8, 4) is 0 Å². The van der Waals surface area contributed by atoms with Gasteiger partial charge in [0.15, 0.2) is 0 Å². The first-order chi connectivity index (χ1) is 7.28. The maximum absolute atomic E-state index is 11.2. The van der Waals surface area contributed by atoms with Crippen molar-refractivity contribution in [3.05, 3.63) is 0 Å². The van der Waals surface area contributed by atoms with Gasteiger partial charge < -0.3 is 5.11 Å². The summed E-state index contributed by atoms with van der Waals surface area (Å²) in [6.07, 6.45) is 6.23. The van der Waals surface area contributed by atoms with Gasteiger partial charge in [0.25, 0.3) is 0 Å². The monoisotopic (exact) mass is 222 g/mol. The van der Waals surface area contributed by atoms with E-state index in [1.165, 1.54) is 25.7 Å². The second kappa shape index (κ2) is 2.85. The summed E-state index contributed by atoms with van der Waals surface area (Å²) in [4.78, 5) is 0. The molecule has 1 heteroatoms. The largest absolute Gasteiger partial charge is 0.389 e. The van der Waals surface area contributed by atoms with Crippen LogP contribution in [0.5, 0.6) is 0 Å². The summed E-state index contributed by atoms with van der Waals surface area (Å²) >= 11 is 0. The molecule has 3 rings (SSSR count). The second-order valence-corrected chi connectivity index (χ2v) is 7.97. The van der Waals surface area contributed by atoms with E-state index in [-0.39, 0.29) is 5.60 Å². The van der Waals surface area contributed by atoms with Gasteiger partial charge >= 0.3 is 0 Å². The maximum Gasteiger partial charge on any atom is 0.0711 e. The van der Waals surface area contributed by atoms with Crippen molar-refractivity contribution in [2.75, 3.05) is 0 Å². The molecular weight excluding hydrogens is 196 g/mol. The van der Waals surface area contributed by atoms with Crippen molar-refractivity contribution in [2.45, 2.75) is 65.4 Å². The van der Waals surface area contributed by atoms with Gasteiger partial charge in [0.2, 0.25) is 0 Å². The Hall–Kier alpha value is -0.0400. The van der Waals surface area contributed by atoms with Gasteiger partial charge in [-0.15, -0.1) is 0 Å². The Bertz CT molecular complexity index is 321. The summed E-state index contributed by atoms with van der Waals surface area (Å²) in [6.45, 7) is 9.42. The van der Waals surface area contributed by atoms with Crippen LogP contribution >= 0.6 is 0 Å². The quantitative estimate of drug-likeness (QED) is 0.664. The smallest absolute Gasteiger partial charge is 0.0711 e. The molecule has 1 nitrogen and oxygen atoms in total. The molecule has 0 radical (unpaired) electrons. The van der Waals surface area contributed by atoms with Crippen LogP contribution in [0.4, 0.5) is 0 Å². The average molecular weight is 222 g/mol. The van der Waals surface area contributed by atoms with Gasteiger partial charge in [-0.3, -0.25) is 0 Å². The minimum Gasteiger partial charge on any atom is -0.389 e. The number of aliphatic hydroxyl groups is 1. The van der Waals surface area contributed by atoms with Crippen molar-refractivity contribution in [2.24, 2.45) is 28.6 Å². The van der Waals surface area contributed by atoms with Crippen molar-refractivity contribution >= 4 is 0 Å². The fraction of sp³-hybridized carbons (Fsp3) is 1.00.